The lowest BCUT2D eigenvalue weighted by molar-refractivity contribution is 0.0527. The Balaban J connectivity index is 1.72. The van der Waals surface area contributed by atoms with Gasteiger partial charge in [-0.3, -0.25) is 9.56 Å². The van der Waals surface area contributed by atoms with E-state index < -0.39 is 11.7 Å². The van der Waals surface area contributed by atoms with E-state index >= 15 is 0 Å². The smallest absolute Gasteiger partial charge is 0.407 e. The van der Waals surface area contributed by atoms with Crippen molar-refractivity contribution in [1.82, 2.24) is 30.7 Å². The number of rotatable bonds is 7. The van der Waals surface area contributed by atoms with Crippen LogP contribution in [0.15, 0.2) is 41.7 Å². The molecule has 152 valence electrons. The Morgan fingerprint density at radius 1 is 1.14 bits per heavy atom. The fourth-order valence-electron chi connectivity index (χ4n) is 2.37. The minimum Gasteiger partial charge on any atom is -0.444 e. The number of aromatic nitrogens is 3. The predicted molar refractivity (Wildman–Crippen MR) is 108 cm³/mol. The average Bonchev–Trinajstić information content (AvgIpc) is 3.12. The van der Waals surface area contributed by atoms with Crippen LogP contribution in [0, 0.1) is 0 Å². The first-order valence-corrected chi connectivity index (χ1v) is 9.25. The van der Waals surface area contributed by atoms with Gasteiger partial charge in [-0.15, -0.1) is 10.2 Å². The SMILES string of the molecule is CN=C(NCCCNC(=O)OC(C)(C)C)NCc1nncn1-c1ccccc1. The lowest BCUT2D eigenvalue weighted by Gasteiger charge is -2.19. The van der Waals surface area contributed by atoms with Gasteiger partial charge in [0.25, 0.3) is 0 Å². The Bertz CT molecular complexity index is 766. The zero-order valence-corrected chi connectivity index (χ0v) is 16.9. The number of guanidine groups is 1. The second-order valence-electron chi connectivity index (χ2n) is 7.09. The van der Waals surface area contributed by atoms with Crippen molar-refractivity contribution in [3.63, 3.8) is 0 Å². The molecule has 0 spiro atoms. The Labute approximate surface area is 165 Å². The zero-order valence-electron chi connectivity index (χ0n) is 16.9. The number of alkyl carbamates (subject to hydrolysis) is 1. The molecule has 9 heteroatoms. The van der Waals surface area contributed by atoms with E-state index in [1.807, 2.05) is 55.7 Å². The van der Waals surface area contributed by atoms with Gasteiger partial charge >= 0.3 is 6.09 Å². The maximum atomic E-state index is 11.6. The Morgan fingerprint density at radius 3 is 2.54 bits per heavy atom. The molecule has 0 aliphatic rings. The summed E-state index contributed by atoms with van der Waals surface area (Å²) >= 11 is 0. The lowest BCUT2D eigenvalue weighted by atomic mass is 10.2. The van der Waals surface area contributed by atoms with Crippen molar-refractivity contribution < 1.29 is 9.53 Å². The number of nitrogens with zero attached hydrogens (tertiary/aromatic N) is 4. The number of aliphatic imine (C=N–C) groups is 1. The van der Waals surface area contributed by atoms with Crippen LogP contribution in [-0.4, -0.2) is 52.6 Å². The van der Waals surface area contributed by atoms with Crippen LogP contribution in [0.1, 0.15) is 33.0 Å². The standard InChI is InChI=1S/C19H29N7O2/c1-19(2,3)28-18(27)22-12-8-11-21-17(20-4)23-13-16-25-24-14-26(16)15-9-6-5-7-10-15/h5-7,9-10,14H,8,11-13H2,1-4H3,(H,22,27)(H2,20,21,23). The molecule has 9 nitrogen and oxygen atoms in total. The quantitative estimate of drug-likeness (QED) is 0.380. The van der Waals surface area contributed by atoms with Gasteiger partial charge in [0.1, 0.15) is 11.9 Å². The number of amides is 1. The third kappa shape index (κ3) is 7.26. The zero-order chi connectivity index (χ0) is 20.4. The van der Waals surface area contributed by atoms with Crippen LogP contribution in [0.5, 0.6) is 0 Å². The van der Waals surface area contributed by atoms with Crippen LogP contribution >= 0.6 is 0 Å². The van der Waals surface area contributed by atoms with Crippen molar-refractivity contribution in [3.05, 3.63) is 42.5 Å². The molecule has 28 heavy (non-hydrogen) atoms. The highest BCUT2D eigenvalue weighted by Crippen LogP contribution is 2.08. The third-order valence-electron chi connectivity index (χ3n) is 3.60. The summed E-state index contributed by atoms with van der Waals surface area (Å²) < 4.78 is 7.11. The Kier molecular flexibility index (Phi) is 7.79. The van der Waals surface area contributed by atoms with E-state index in [4.69, 9.17) is 4.74 Å². The van der Waals surface area contributed by atoms with Gasteiger partial charge in [-0.2, -0.15) is 0 Å². The minimum absolute atomic E-state index is 0.407. The van der Waals surface area contributed by atoms with E-state index in [0.717, 1.165) is 17.9 Å². The molecular formula is C19H29N7O2. The molecule has 2 aromatic rings. The van der Waals surface area contributed by atoms with Crippen molar-refractivity contribution in [2.24, 2.45) is 4.99 Å². The maximum absolute atomic E-state index is 11.6. The number of carbonyl (C=O) groups is 1. The second-order valence-corrected chi connectivity index (χ2v) is 7.09. The van der Waals surface area contributed by atoms with Gasteiger partial charge in [-0.25, -0.2) is 4.79 Å². The fourth-order valence-corrected chi connectivity index (χ4v) is 2.37. The highest BCUT2D eigenvalue weighted by atomic mass is 16.6. The Hall–Kier alpha value is -3.10. The van der Waals surface area contributed by atoms with Crippen molar-refractivity contribution in [3.8, 4) is 5.69 Å². The minimum atomic E-state index is -0.491. The molecule has 0 aliphatic heterocycles. The molecule has 1 amide bonds. The van der Waals surface area contributed by atoms with E-state index in [-0.39, 0.29) is 0 Å². The molecule has 0 unspecified atom stereocenters. The van der Waals surface area contributed by atoms with E-state index in [1.54, 1.807) is 13.4 Å². The van der Waals surface area contributed by atoms with Crippen molar-refractivity contribution in [1.29, 1.82) is 0 Å². The van der Waals surface area contributed by atoms with E-state index in [1.165, 1.54) is 0 Å². The van der Waals surface area contributed by atoms with Gasteiger partial charge in [0.05, 0.1) is 6.54 Å². The van der Waals surface area contributed by atoms with Crippen LogP contribution in [0.4, 0.5) is 4.79 Å². The van der Waals surface area contributed by atoms with Crippen molar-refractivity contribution >= 4 is 12.1 Å². The van der Waals surface area contributed by atoms with Gasteiger partial charge in [0.15, 0.2) is 11.8 Å². The largest absolute Gasteiger partial charge is 0.444 e. The van der Waals surface area contributed by atoms with Crippen molar-refractivity contribution in [2.75, 3.05) is 20.1 Å². The van der Waals surface area contributed by atoms with Crippen LogP contribution in [0.2, 0.25) is 0 Å². The second kappa shape index (κ2) is 10.3. The summed E-state index contributed by atoms with van der Waals surface area (Å²) in [4.78, 5) is 15.8. The normalized spacial score (nSPS) is 11.8. The molecule has 1 aromatic carbocycles. The van der Waals surface area contributed by atoms with Crippen molar-refractivity contribution in [2.45, 2.75) is 39.3 Å². The third-order valence-corrected chi connectivity index (χ3v) is 3.60. The number of benzene rings is 1. The van der Waals surface area contributed by atoms with E-state index in [2.05, 4.69) is 31.1 Å². The molecule has 0 aliphatic carbocycles. The highest BCUT2D eigenvalue weighted by Gasteiger charge is 2.15. The van der Waals surface area contributed by atoms with Crippen LogP contribution in [-0.2, 0) is 11.3 Å². The first-order chi connectivity index (χ1) is 13.4. The highest BCUT2D eigenvalue weighted by molar-refractivity contribution is 5.79. The maximum Gasteiger partial charge on any atom is 0.407 e. The van der Waals surface area contributed by atoms with Crippen LogP contribution in [0.25, 0.3) is 5.69 Å². The topological polar surface area (TPSA) is 105 Å². The number of carbonyl (C=O) groups excluding carboxylic acids is 1. The average molecular weight is 387 g/mol. The summed E-state index contributed by atoms with van der Waals surface area (Å²) in [5, 5.41) is 17.3. The van der Waals surface area contributed by atoms with Crippen LogP contribution < -0.4 is 16.0 Å². The van der Waals surface area contributed by atoms with Gasteiger partial charge in [0.2, 0.25) is 0 Å². The van der Waals surface area contributed by atoms with E-state index in [9.17, 15) is 4.79 Å². The summed E-state index contributed by atoms with van der Waals surface area (Å²) in [6, 6.07) is 9.90. The molecule has 2 rings (SSSR count). The molecule has 0 saturated heterocycles. The molecule has 3 N–H and O–H groups in total. The van der Waals surface area contributed by atoms with E-state index in [0.29, 0.717) is 25.6 Å². The van der Waals surface area contributed by atoms with Gasteiger partial charge < -0.3 is 20.7 Å². The van der Waals surface area contributed by atoms with Gasteiger partial charge in [-0.05, 0) is 39.3 Å². The molecule has 0 radical (unpaired) electrons. The van der Waals surface area contributed by atoms with Gasteiger partial charge in [0, 0.05) is 25.8 Å². The summed E-state index contributed by atoms with van der Waals surface area (Å²) in [5.74, 6) is 1.43. The summed E-state index contributed by atoms with van der Waals surface area (Å²) in [7, 11) is 1.70. The molecule has 0 fully saturated rings. The predicted octanol–water partition coefficient (Wildman–Crippen LogP) is 1.85. The monoisotopic (exact) mass is 387 g/mol. The molecule has 0 atom stereocenters. The number of ether oxygens (including phenoxy) is 1. The van der Waals surface area contributed by atoms with Crippen LogP contribution in [0.3, 0.4) is 0 Å². The molecule has 1 aromatic heterocycles. The first-order valence-electron chi connectivity index (χ1n) is 9.25. The number of hydrogen-bond donors (Lipinski definition) is 3. The van der Waals surface area contributed by atoms with Gasteiger partial charge in [-0.1, -0.05) is 18.2 Å². The summed E-state index contributed by atoms with van der Waals surface area (Å²) in [6.07, 6.45) is 2.01. The summed E-state index contributed by atoms with van der Waals surface area (Å²) in [6.45, 7) is 7.15. The fraction of sp³-hybridized carbons (Fsp3) is 0.474. The molecule has 0 saturated carbocycles. The Morgan fingerprint density at radius 2 is 1.86 bits per heavy atom. The lowest BCUT2D eigenvalue weighted by Crippen LogP contribution is -2.39. The number of para-hydroxylation sites is 1. The molecule has 0 bridgehead atoms. The summed E-state index contributed by atoms with van der Waals surface area (Å²) in [5.41, 5.74) is 0.509. The molecular weight excluding hydrogens is 358 g/mol. The first kappa shape index (κ1) is 21.2. The number of hydrogen-bond acceptors (Lipinski definition) is 5. The molecule has 1 heterocycles. The number of nitrogens with one attached hydrogen (secondary N) is 3.